The first kappa shape index (κ1) is 16.7. The van der Waals surface area contributed by atoms with E-state index in [0.29, 0.717) is 34.4 Å². The number of para-hydroxylation sites is 2. The molecule has 0 atom stereocenters. The lowest BCUT2D eigenvalue weighted by Gasteiger charge is -2.15. The zero-order valence-corrected chi connectivity index (χ0v) is 14.0. The molecule has 128 valence electrons. The van der Waals surface area contributed by atoms with Crippen LogP contribution in [0.15, 0.2) is 53.3 Å². The maximum atomic E-state index is 12.8. The Morgan fingerprint density at radius 2 is 1.88 bits per heavy atom. The average molecular weight is 336 g/mol. The van der Waals surface area contributed by atoms with Crippen molar-refractivity contribution in [3.63, 3.8) is 0 Å². The van der Waals surface area contributed by atoms with Crippen molar-refractivity contribution in [3.05, 3.63) is 70.3 Å². The fraction of sp³-hybridized carbons (Fsp3) is 0.211. The number of carbonyl (C=O) groups excluding carboxylic acids is 1. The summed E-state index contributed by atoms with van der Waals surface area (Å²) < 4.78 is 1.24. The van der Waals surface area contributed by atoms with Crippen LogP contribution in [0.4, 0.5) is 5.69 Å². The number of unbranched alkanes of at least 4 members (excludes halogenated alkanes) is 1. The highest BCUT2D eigenvalue weighted by Crippen LogP contribution is 2.12. The lowest BCUT2D eigenvalue weighted by atomic mass is 10.2. The summed E-state index contributed by atoms with van der Waals surface area (Å²) in [5.74, 6) is 0.100. The minimum atomic E-state index is -0.435. The molecule has 6 nitrogen and oxygen atoms in total. The number of hydrogen-bond donors (Lipinski definition) is 2. The molecule has 6 heteroatoms. The van der Waals surface area contributed by atoms with Crippen LogP contribution >= 0.6 is 0 Å². The molecule has 3 rings (SSSR count). The van der Waals surface area contributed by atoms with Gasteiger partial charge in [0.25, 0.3) is 11.5 Å². The Labute approximate surface area is 145 Å². The molecule has 0 radical (unpaired) electrons. The number of amides is 1. The molecule has 1 heterocycles. The first-order valence-electron chi connectivity index (χ1n) is 8.28. The second-order valence-electron chi connectivity index (χ2n) is 5.82. The summed E-state index contributed by atoms with van der Waals surface area (Å²) in [5, 5.41) is 0.462. The van der Waals surface area contributed by atoms with E-state index in [2.05, 4.69) is 17.3 Å². The Balaban J connectivity index is 2.07. The van der Waals surface area contributed by atoms with Gasteiger partial charge in [0.15, 0.2) is 0 Å². The van der Waals surface area contributed by atoms with Crippen LogP contribution in [0.2, 0.25) is 0 Å². The van der Waals surface area contributed by atoms with E-state index in [1.807, 2.05) is 6.07 Å². The van der Waals surface area contributed by atoms with Crippen LogP contribution in [0.25, 0.3) is 10.9 Å². The smallest absolute Gasteiger partial charge is 0.280 e. The van der Waals surface area contributed by atoms with Crippen LogP contribution in [-0.2, 0) is 6.42 Å². The van der Waals surface area contributed by atoms with Crippen LogP contribution in [-0.4, -0.2) is 15.6 Å². The van der Waals surface area contributed by atoms with Gasteiger partial charge in [0.1, 0.15) is 5.82 Å². The van der Waals surface area contributed by atoms with Gasteiger partial charge in [-0.3, -0.25) is 15.0 Å². The van der Waals surface area contributed by atoms with Gasteiger partial charge < -0.3 is 5.73 Å². The van der Waals surface area contributed by atoms with Gasteiger partial charge >= 0.3 is 0 Å². The summed E-state index contributed by atoms with van der Waals surface area (Å²) >= 11 is 0. The SMILES string of the molecule is CCCCc1nc2ccccc2c(=O)n1NC(=O)c1ccccc1N. The maximum Gasteiger partial charge on any atom is 0.280 e. The van der Waals surface area contributed by atoms with Crippen LogP contribution in [0.3, 0.4) is 0 Å². The maximum absolute atomic E-state index is 12.8. The van der Waals surface area contributed by atoms with E-state index in [9.17, 15) is 9.59 Å². The Morgan fingerprint density at radius 1 is 1.16 bits per heavy atom. The number of benzene rings is 2. The fourth-order valence-electron chi connectivity index (χ4n) is 2.66. The number of nitrogens with zero attached hydrogens (tertiary/aromatic N) is 2. The largest absolute Gasteiger partial charge is 0.398 e. The van der Waals surface area contributed by atoms with E-state index >= 15 is 0 Å². The molecular weight excluding hydrogens is 316 g/mol. The molecule has 0 aliphatic carbocycles. The van der Waals surface area contributed by atoms with Gasteiger partial charge in [-0.2, -0.15) is 0 Å². The number of rotatable bonds is 5. The summed E-state index contributed by atoms with van der Waals surface area (Å²) in [5.41, 5.74) is 9.54. The van der Waals surface area contributed by atoms with Crippen molar-refractivity contribution in [2.75, 3.05) is 11.2 Å². The Morgan fingerprint density at radius 3 is 2.64 bits per heavy atom. The van der Waals surface area contributed by atoms with Gasteiger partial charge in [0, 0.05) is 12.1 Å². The van der Waals surface area contributed by atoms with Crippen LogP contribution in [0.5, 0.6) is 0 Å². The van der Waals surface area contributed by atoms with Crippen molar-refractivity contribution in [2.45, 2.75) is 26.2 Å². The molecule has 0 bridgehead atoms. The first-order chi connectivity index (χ1) is 12.1. The molecule has 3 aromatic rings. The number of aromatic nitrogens is 2. The quantitative estimate of drug-likeness (QED) is 0.701. The topological polar surface area (TPSA) is 90.0 Å². The monoisotopic (exact) mass is 336 g/mol. The van der Waals surface area contributed by atoms with E-state index in [1.165, 1.54) is 4.68 Å². The van der Waals surface area contributed by atoms with Crippen molar-refractivity contribution >= 4 is 22.5 Å². The Kier molecular flexibility index (Phi) is 4.79. The van der Waals surface area contributed by atoms with E-state index in [4.69, 9.17) is 5.73 Å². The number of fused-ring (bicyclic) bond motifs is 1. The summed E-state index contributed by atoms with van der Waals surface area (Å²) in [7, 11) is 0. The lowest BCUT2D eigenvalue weighted by Crippen LogP contribution is -2.36. The lowest BCUT2D eigenvalue weighted by molar-refractivity contribution is 0.101. The molecule has 3 N–H and O–H groups in total. The van der Waals surface area contributed by atoms with E-state index in [1.54, 1.807) is 42.5 Å². The zero-order chi connectivity index (χ0) is 17.8. The molecule has 0 aliphatic rings. The normalized spacial score (nSPS) is 10.8. The predicted molar refractivity (Wildman–Crippen MR) is 99.2 cm³/mol. The number of nitrogens with two attached hydrogens (primary N) is 1. The van der Waals surface area contributed by atoms with Gasteiger partial charge in [0.05, 0.1) is 16.5 Å². The Bertz CT molecular complexity index is 979. The van der Waals surface area contributed by atoms with Crippen molar-refractivity contribution in [3.8, 4) is 0 Å². The van der Waals surface area contributed by atoms with Gasteiger partial charge in [-0.25, -0.2) is 9.66 Å². The van der Waals surface area contributed by atoms with Crippen LogP contribution in [0.1, 0.15) is 35.9 Å². The van der Waals surface area contributed by atoms with Gasteiger partial charge in [-0.1, -0.05) is 37.6 Å². The first-order valence-corrected chi connectivity index (χ1v) is 8.28. The zero-order valence-electron chi connectivity index (χ0n) is 14.0. The Hall–Kier alpha value is -3.15. The molecular formula is C19H20N4O2. The number of aryl methyl sites for hydroxylation is 1. The number of nitrogen functional groups attached to an aromatic ring is 1. The van der Waals surface area contributed by atoms with Gasteiger partial charge in [-0.05, 0) is 30.7 Å². The molecule has 0 unspecified atom stereocenters. The number of carbonyl (C=O) groups is 1. The summed E-state index contributed by atoms with van der Waals surface area (Å²) in [6.07, 6.45) is 2.43. The van der Waals surface area contributed by atoms with Crippen molar-refractivity contribution in [1.82, 2.24) is 9.66 Å². The molecule has 0 fully saturated rings. The minimum absolute atomic E-state index is 0.292. The van der Waals surface area contributed by atoms with E-state index in [-0.39, 0.29) is 5.56 Å². The molecule has 0 aliphatic heterocycles. The molecule has 25 heavy (non-hydrogen) atoms. The predicted octanol–water partition coefficient (Wildman–Crippen LogP) is 2.71. The third kappa shape index (κ3) is 3.38. The second kappa shape index (κ2) is 7.17. The molecule has 1 amide bonds. The molecule has 1 aromatic heterocycles. The van der Waals surface area contributed by atoms with E-state index in [0.717, 1.165) is 12.8 Å². The second-order valence-corrected chi connectivity index (χ2v) is 5.82. The van der Waals surface area contributed by atoms with Crippen LogP contribution in [0, 0.1) is 0 Å². The molecule has 0 saturated heterocycles. The standard InChI is InChI=1S/C19H20N4O2/c1-2-3-12-17-21-16-11-7-5-9-14(16)19(25)23(17)22-18(24)13-8-4-6-10-15(13)20/h4-11H,2-3,12,20H2,1H3,(H,22,24). The van der Waals surface area contributed by atoms with Crippen molar-refractivity contribution in [2.24, 2.45) is 0 Å². The van der Waals surface area contributed by atoms with Gasteiger partial charge in [-0.15, -0.1) is 0 Å². The molecule has 0 saturated carbocycles. The highest BCUT2D eigenvalue weighted by atomic mass is 16.2. The average Bonchev–Trinajstić information content (AvgIpc) is 2.63. The van der Waals surface area contributed by atoms with E-state index < -0.39 is 5.91 Å². The highest BCUT2D eigenvalue weighted by molar-refractivity contribution is 6.04. The van der Waals surface area contributed by atoms with Crippen molar-refractivity contribution < 1.29 is 4.79 Å². The third-order valence-corrected chi connectivity index (χ3v) is 4.02. The fourth-order valence-corrected chi connectivity index (χ4v) is 2.66. The number of hydrogen-bond acceptors (Lipinski definition) is 4. The van der Waals surface area contributed by atoms with Gasteiger partial charge in [0.2, 0.25) is 0 Å². The summed E-state index contributed by atoms with van der Waals surface area (Å²) in [6, 6.07) is 13.9. The summed E-state index contributed by atoms with van der Waals surface area (Å²) in [6.45, 7) is 2.06. The van der Waals surface area contributed by atoms with Crippen LogP contribution < -0.4 is 16.7 Å². The minimum Gasteiger partial charge on any atom is -0.398 e. The molecule has 0 spiro atoms. The van der Waals surface area contributed by atoms with Crippen molar-refractivity contribution in [1.29, 1.82) is 0 Å². The third-order valence-electron chi connectivity index (χ3n) is 4.02. The number of nitrogens with one attached hydrogen (secondary N) is 1. The number of anilines is 1. The highest BCUT2D eigenvalue weighted by Gasteiger charge is 2.15. The molecule has 2 aromatic carbocycles. The summed E-state index contributed by atoms with van der Waals surface area (Å²) in [4.78, 5) is 30.0.